The molecule has 1 fully saturated rings. The normalized spacial score (nSPS) is 17.9. The largest absolute Gasteiger partial charge is 0.353 e. The molecular weight excluding hydrogens is 250 g/mol. The van der Waals surface area contributed by atoms with E-state index >= 15 is 0 Å². The smallest absolute Gasteiger partial charge is 0.225 e. The average Bonchev–Trinajstić information content (AvgIpc) is 2.41. The second-order valence-corrected chi connectivity index (χ2v) is 6.59. The van der Waals surface area contributed by atoms with Gasteiger partial charge in [-0.3, -0.25) is 14.7 Å². The predicted molar refractivity (Wildman–Crippen MR) is 80.1 cm³/mol. The Kier molecular flexibility index (Phi) is 4.76. The lowest BCUT2D eigenvalue weighted by Crippen LogP contribution is -2.47. The Labute approximate surface area is 121 Å². The summed E-state index contributed by atoms with van der Waals surface area (Å²) >= 11 is 0. The Morgan fingerprint density at radius 2 is 2.05 bits per heavy atom. The topological polar surface area (TPSA) is 45.2 Å². The van der Waals surface area contributed by atoms with Gasteiger partial charge in [-0.2, -0.15) is 0 Å². The van der Waals surface area contributed by atoms with Gasteiger partial charge in [-0.15, -0.1) is 0 Å². The van der Waals surface area contributed by atoms with Crippen LogP contribution in [-0.2, 0) is 11.3 Å². The van der Waals surface area contributed by atoms with E-state index in [4.69, 9.17) is 0 Å². The number of likely N-dealkylation sites (tertiary alicyclic amines) is 1. The van der Waals surface area contributed by atoms with Crippen LogP contribution >= 0.6 is 0 Å². The van der Waals surface area contributed by atoms with Crippen LogP contribution < -0.4 is 5.32 Å². The second kappa shape index (κ2) is 6.35. The quantitative estimate of drug-likeness (QED) is 0.920. The van der Waals surface area contributed by atoms with Crippen molar-refractivity contribution in [2.24, 2.45) is 5.41 Å². The molecule has 4 heteroatoms. The Morgan fingerprint density at radius 3 is 2.60 bits per heavy atom. The van der Waals surface area contributed by atoms with Crippen molar-refractivity contribution >= 4 is 5.91 Å². The molecule has 1 N–H and O–H groups in total. The van der Waals surface area contributed by atoms with E-state index in [1.165, 1.54) is 0 Å². The monoisotopic (exact) mass is 275 g/mol. The number of rotatable bonds is 3. The summed E-state index contributed by atoms with van der Waals surface area (Å²) in [4.78, 5) is 18.7. The highest BCUT2D eigenvalue weighted by Crippen LogP contribution is 2.17. The number of carbonyl (C=O) groups is 1. The molecule has 1 amide bonds. The lowest BCUT2D eigenvalue weighted by molar-refractivity contribution is -0.129. The number of pyridine rings is 1. The minimum Gasteiger partial charge on any atom is -0.353 e. The van der Waals surface area contributed by atoms with Crippen LogP contribution in [-0.4, -0.2) is 34.9 Å². The maximum Gasteiger partial charge on any atom is 0.225 e. The molecule has 0 atom stereocenters. The molecule has 0 aliphatic carbocycles. The van der Waals surface area contributed by atoms with E-state index in [1.807, 2.05) is 39.1 Å². The van der Waals surface area contributed by atoms with E-state index in [0.717, 1.165) is 38.2 Å². The molecular formula is C16H25N3O. The first-order valence-electron chi connectivity index (χ1n) is 7.38. The summed E-state index contributed by atoms with van der Waals surface area (Å²) in [6, 6.07) is 6.35. The molecule has 2 heterocycles. The van der Waals surface area contributed by atoms with Gasteiger partial charge in [0, 0.05) is 37.3 Å². The number of carbonyl (C=O) groups excluding carboxylic acids is 1. The van der Waals surface area contributed by atoms with Gasteiger partial charge in [0.1, 0.15) is 0 Å². The summed E-state index contributed by atoms with van der Waals surface area (Å²) in [6.07, 6.45) is 3.88. The third-order valence-corrected chi connectivity index (χ3v) is 3.72. The minimum absolute atomic E-state index is 0.153. The zero-order chi connectivity index (χ0) is 14.6. The number of hydrogen-bond acceptors (Lipinski definition) is 3. The fourth-order valence-corrected chi connectivity index (χ4v) is 2.36. The first-order chi connectivity index (χ1) is 9.45. The van der Waals surface area contributed by atoms with Gasteiger partial charge in [0.25, 0.3) is 0 Å². The molecule has 110 valence electrons. The third-order valence-electron chi connectivity index (χ3n) is 3.72. The standard InChI is InChI=1S/C16H25N3O/c1-16(2,3)15(20)18-13-7-10-19(11-8-13)12-14-6-4-5-9-17-14/h4-6,9,13H,7-8,10-12H2,1-3H3,(H,18,20). The van der Waals surface area contributed by atoms with Crippen molar-refractivity contribution in [1.29, 1.82) is 0 Å². The van der Waals surface area contributed by atoms with Crippen LogP contribution in [0.5, 0.6) is 0 Å². The Bertz CT molecular complexity index is 431. The van der Waals surface area contributed by atoms with Gasteiger partial charge in [-0.05, 0) is 25.0 Å². The van der Waals surface area contributed by atoms with Crippen molar-refractivity contribution in [3.05, 3.63) is 30.1 Å². The number of nitrogens with one attached hydrogen (secondary N) is 1. The van der Waals surface area contributed by atoms with E-state index in [0.29, 0.717) is 6.04 Å². The maximum atomic E-state index is 12.0. The number of piperidine rings is 1. The summed E-state index contributed by atoms with van der Waals surface area (Å²) in [7, 11) is 0. The Balaban J connectivity index is 1.77. The van der Waals surface area contributed by atoms with E-state index in [1.54, 1.807) is 0 Å². The van der Waals surface area contributed by atoms with Gasteiger partial charge in [0.15, 0.2) is 0 Å². The number of amides is 1. The molecule has 2 rings (SSSR count). The average molecular weight is 275 g/mol. The van der Waals surface area contributed by atoms with E-state index in [9.17, 15) is 4.79 Å². The number of nitrogens with zero attached hydrogens (tertiary/aromatic N) is 2. The van der Waals surface area contributed by atoms with Crippen LogP contribution in [0.3, 0.4) is 0 Å². The summed E-state index contributed by atoms with van der Waals surface area (Å²) in [5.74, 6) is 0.153. The first kappa shape index (κ1) is 15.0. The predicted octanol–water partition coefficient (Wildman–Crippen LogP) is 2.21. The molecule has 0 saturated carbocycles. The van der Waals surface area contributed by atoms with Crippen molar-refractivity contribution in [2.75, 3.05) is 13.1 Å². The highest BCUT2D eigenvalue weighted by atomic mass is 16.2. The van der Waals surface area contributed by atoms with Crippen LogP contribution in [0.15, 0.2) is 24.4 Å². The van der Waals surface area contributed by atoms with Crippen molar-refractivity contribution < 1.29 is 4.79 Å². The van der Waals surface area contributed by atoms with Crippen LogP contribution in [0.2, 0.25) is 0 Å². The van der Waals surface area contributed by atoms with Gasteiger partial charge in [0.05, 0.1) is 5.69 Å². The van der Waals surface area contributed by atoms with Crippen molar-refractivity contribution in [2.45, 2.75) is 46.2 Å². The van der Waals surface area contributed by atoms with Crippen molar-refractivity contribution in [1.82, 2.24) is 15.2 Å². The molecule has 1 saturated heterocycles. The molecule has 1 aliphatic heterocycles. The summed E-state index contributed by atoms with van der Waals surface area (Å²) in [5.41, 5.74) is 0.815. The molecule has 0 bridgehead atoms. The molecule has 20 heavy (non-hydrogen) atoms. The summed E-state index contributed by atoms with van der Waals surface area (Å²) in [5, 5.41) is 3.16. The summed E-state index contributed by atoms with van der Waals surface area (Å²) in [6.45, 7) is 8.81. The van der Waals surface area contributed by atoms with E-state index < -0.39 is 0 Å². The molecule has 0 unspecified atom stereocenters. The van der Waals surface area contributed by atoms with Gasteiger partial charge in [-0.25, -0.2) is 0 Å². The highest BCUT2D eigenvalue weighted by molar-refractivity contribution is 5.81. The zero-order valence-corrected chi connectivity index (χ0v) is 12.7. The van der Waals surface area contributed by atoms with E-state index in [-0.39, 0.29) is 11.3 Å². The van der Waals surface area contributed by atoms with Crippen LogP contribution in [0, 0.1) is 5.41 Å². The van der Waals surface area contributed by atoms with Gasteiger partial charge in [-0.1, -0.05) is 26.8 Å². The molecule has 4 nitrogen and oxygen atoms in total. The number of hydrogen-bond donors (Lipinski definition) is 1. The molecule has 0 radical (unpaired) electrons. The van der Waals surface area contributed by atoms with Crippen molar-refractivity contribution in [3.8, 4) is 0 Å². The Morgan fingerprint density at radius 1 is 1.35 bits per heavy atom. The number of aromatic nitrogens is 1. The van der Waals surface area contributed by atoms with Crippen LogP contribution in [0.4, 0.5) is 0 Å². The lowest BCUT2D eigenvalue weighted by Gasteiger charge is -2.33. The van der Waals surface area contributed by atoms with Gasteiger partial charge in [0.2, 0.25) is 5.91 Å². The van der Waals surface area contributed by atoms with Crippen LogP contribution in [0.1, 0.15) is 39.3 Å². The first-order valence-corrected chi connectivity index (χ1v) is 7.38. The maximum absolute atomic E-state index is 12.0. The van der Waals surface area contributed by atoms with Crippen molar-refractivity contribution in [3.63, 3.8) is 0 Å². The highest BCUT2D eigenvalue weighted by Gasteiger charge is 2.26. The minimum atomic E-state index is -0.301. The Hall–Kier alpha value is -1.42. The third kappa shape index (κ3) is 4.30. The van der Waals surface area contributed by atoms with E-state index in [2.05, 4.69) is 21.3 Å². The fraction of sp³-hybridized carbons (Fsp3) is 0.625. The van der Waals surface area contributed by atoms with Gasteiger partial charge < -0.3 is 5.32 Å². The molecule has 1 aliphatic rings. The lowest BCUT2D eigenvalue weighted by atomic mass is 9.94. The molecule has 0 spiro atoms. The second-order valence-electron chi connectivity index (χ2n) is 6.59. The molecule has 0 aromatic carbocycles. The van der Waals surface area contributed by atoms with Gasteiger partial charge >= 0.3 is 0 Å². The molecule has 1 aromatic rings. The SMILES string of the molecule is CC(C)(C)C(=O)NC1CCN(Cc2ccccn2)CC1. The fourth-order valence-electron chi connectivity index (χ4n) is 2.36. The van der Waals surface area contributed by atoms with Crippen LogP contribution in [0.25, 0.3) is 0 Å². The molecule has 1 aromatic heterocycles. The summed E-state index contributed by atoms with van der Waals surface area (Å²) < 4.78 is 0. The zero-order valence-electron chi connectivity index (χ0n) is 12.7.